The van der Waals surface area contributed by atoms with E-state index < -0.39 is 11.8 Å². The number of fused-ring (bicyclic) bond motifs is 2. The van der Waals surface area contributed by atoms with Gasteiger partial charge < -0.3 is 4.74 Å². The predicted molar refractivity (Wildman–Crippen MR) is 117 cm³/mol. The molecule has 0 saturated carbocycles. The van der Waals surface area contributed by atoms with E-state index >= 15 is 0 Å². The molecule has 1 atom stereocenters. The number of carbonyl (C=O) groups is 3. The molecule has 2 aromatic carbocycles. The molecule has 3 aromatic rings. The normalized spacial score (nSPS) is 18.1. The van der Waals surface area contributed by atoms with E-state index in [-0.39, 0.29) is 18.6 Å². The third kappa shape index (κ3) is 3.51. The number of aryl methyl sites for hydroxylation is 1. The first-order valence-electron chi connectivity index (χ1n) is 10.3. The summed E-state index contributed by atoms with van der Waals surface area (Å²) >= 11 is 1.43. The Bertz CT molecular complexity index is 1160. The minimum absolute atomic E-state index is 0.0840. The van der Waals surface area contributed by atoms with E-state index in [1.807, 2.05) is 25.1 Å². The maximum absolute atomic E-state index is 13.4. The SMILES string of the molecule is Cc1cccc2sc(N(CC3CCCO3)C(=O)CN3C(=O)c4ccccc4C3=O)nc12. The van der Waals surface area contributed by atoms with Crippen molar-refractivity contribution in [1.82, 2.24) is 9.88 Å². The van der Waals surface area contributed by atoms with Crippen LogP contribution >= 0.6 is 11.3 Å². The molecule has 1 fully saturated rings. The maximum Gasteiger partial charge on any atom is 0.262 e. The number of aromatic nitrogens is 1. The zero-order valence-corrected chi connectivity index (χ0v) is 17.9. The van der Waals surface area contributed by atoms with Crippen molar-refractivity contribution in [3.8, 4) is 0 Å². The van der Waals surface area contributed by atoms with Gasteiger partial charge in [0, 0.05) is 6.61 Å². The zero-order chi connectivity index (χ0) is 21.5. The summed E-state index contributed by atoms with van der Waals surface area (Å²) in [6.45, 7) is 2.68. The Balaban J connectivity index is 1.45. The van der Waals surface area contributed by atoms with Gasteiger partial charge in [0.25, 0.3) is 11.8 Å². The van der Waals surface area contributed by atoms with Crippen LogP contribution in [0.15, 0.2) is 42.5 Å². The largest absolute Gasteiger partial charge is 0.376 e. The highest BCUT2D eigenvalue weighted by atomic mass is 32.1. The minimum atomic E-state index is -0.439. The number of ether oxygens (including phenoxy) is 1. The fourth-order valence-corrected chi connectivity index (χ4v) is 5.14. The molecular weight excluding hydrogens is 414 g/mol. The lowest BCUT2D eigenvalue weighted by atomic mass is 10.1. The van der Waals surface area contributed by atoms with Crippen molar-refractivity contribution in [2.75, 3.05) is 24.6 Å². The number of rotatable bonds is 5. The first-order valence-corrected chi connectivity index (χ1v) is 11.1. The summed E-state index contributed by atoms with van der Waals surface area (Å²) < 4.78 is 6.74. The summed E-state index contributed by atoms with van der Waals surface area (Å²) in [6.07, 6.45) is 1.73. The van der Waals surface area contributed by atoms with Crippen LogP contribution in [0.2, 0.25) is 0 Å². The number of hydrogen-bond donors (Lipinski definition) is 0. The Morgan fingerprint density at radius 2 is 1.90 bits per heavy atom. The molecule has 1 aromatic heterocycles. The van der Waals surface area contributed by atoms with Gasteiger partial charge in [-0.2, -0.15) is 0 Å². The molecule has 0 N–H and O–H groups in total. The van der Waals surface area contributed by atoms with Crippen molar-refractivity contribution < 1.29 is 19.1 Å². The van der Waals surface area contributed by atoms with Crippen LogP contribution in [0.5, 0.6) is 0 Å². The number of carbonyl (C=O) groups excluding carboxylic acids is 3. The Morgan fingerprint density at radius 3 is 2.55 bits per heavy atom. The highest BCUT2D eigenvalue weighted by Crippen LogP contribution is 2.32. The molecule has 7 nitrogen and oxygen atoms in total. The molecule has 158 valence electrons. The van der Waals surface area contributed by atoms with Crippen molar-refractivity contribution in [3.05, 3.63) is 59.2 Å². The maximum atomic E-state index is 13.4. The molecule has 3 heterocycles. The molecule has 31 heavy (non-hydrogen) atoms. The number of nitrogens with zero attached hydrogens (tertiary/aromatic N) is 3. The van der Waals surface area contributed by atoms with E-state index in [0.29, 0.717) is 29.4 Å². The van der Waals surface area contributed by atoms with Crippen LogP contribution < -0.4 is 4.90 Å². The Kier molecular flexibility index (Phi) is 5.03. The molecule has 0 radical (unpaired) electrons. The molecule has 8 heteroatoms. The summed E-state index contributed by atoms with van der Waals surface area (Å²) in [6, 6.07) is 12.6. The second kappa shape index (κ2) is 7.86. The average molecular weight is 436 g/mol. The van der Waals surface area contributed by atoms with Crippen molar-refractivity contribution in [2.45, 2.75) is 25.9 Å². The number of thiazole rings is 1. The fourth-order valence-electron chi connectivity index (χ4n) is 4.07. The van der Waals surface area contributed by atoms with Gasteiger partial charge >= 0.3 is 0 Å². The summed E-state index contributed by atoms with van der Waals surface area (Å²) in [7, 11) is 0. The van der Waals surface area contributed by atoms with Crippen LogP contribution in [0.1, 0.15) is 39.1 Å². The van der Waals surface area contributed by atoms with E-state index in [1.165, 1.54) is 11.3 Å². The zero-order valence-electron chi connectivity index (χ0n) is 17.0. The first kappa shape index (κ1) is 19.8. The Labute approximate surface area is 183 Å². The number of amides is 3. The molecule has 3 amide bonds. The van der Waals surface area contributed by atoms with Crippen molar-refractivity contribution in [1.29, 1.82) is 0 Å². The number of hydrogen-bond acceptors (Lipinski definition) is 6. The van der Waals surface area contributed by atoms with Crippen molar-refractivity contribution in [2.24, 2.45) is 0 Å². The van der Waals surface area contributed by atoms with Gasteiger partial charge in [-0.15, -0.1) is 0 Å². The van der Waals surface area contributed by atoms with Gasteiger partial charge in [0.05, 0.1) is 34.0 Å². The Morgan fingerprint density at radius 1 is 1.16 bits per heavy atom. The molecule has 0 aliphatic carbocycles. The molecule has 0 bridgehead atoms. The lowest BCUT2D eigenvalue weighted by Gasteiger charge is -2.25. The van der Waals surface area contributed by atoms with Crippen LogP contribution in [0.4, 0.5) is 5.13 Å². The number of imide groups is 1. The van der Waals surface area contributed by atoms with Crippen molar-refractivity contribution >= 4 is 44.4 Å². The quantitative estimate of drug-likeness (QED) is 0.574. The predicted octanol–water partition coefficient (Wildman–Crippen LogP) is 3.41. The number of benzene rings is 2. The molecular formula is C23H21N3O4S. The molecule has 2 aliphatic heterocycles. The van der Waals surface area contributed by atoms with E-state index in [0.717, 1.165) is 33.5 Å². The Hall–Kier alpha value is -3.10. The van der Waals surface area contributed by atoms with E-state index in [4.69, 9.17) is 9.72 Å². The van der Waals surface area contributed by atoms with Crippen LogP contribution in [-0.4, -0.2) is 53.4 Å². The van der Waals surface area contributed by atoms with Crippen LogP contribution in [-0.2, 0) is 9.53 Å². The summed E-state index contributed by atoms with van der Waals surface area (Å²) in [5.41, 5.74) is 2.56. The topological polar surface area (TPSA) is 79.8 Å². The first-order chi connectivity index (χ1) is 15.0. The standard InChI is InChI=1S/C23H21N3O4S/c1-14-6-4-10-18-20(14)24-23(31-18)25(12-15-7-5-11-30-15)19(27)13-26-21(28)16-8-2-3-9-17(16)22(26)29/h2-4,6,8-10,15H,5,7,11-13H2,1H3. The lowest BCUT2D eigenvalue weighted by Crippen LogP contribution is -2.45. The van der Waals surface area contributed by atoms with Gasteiger partial charge in [-0.05, 0) is 43.5 Å². The monoisotopic (exact) mass is 435 g/mol. The molecule has 1 unspecified atom stereocenters. The smallest absolute Gasteiger partial charge is 0.262 e. The third-order valence-corrected chi connectivity index (χ3v) is 6.77. The highest BCUT2D eigenvalue weighted by Gasteiger charge is 2.38. The van der Waals surface area contributed by atoms with Crippen LogP contribution in [0.25, 0.3) is 10.2 Å². The minimum Gasteiger partial charge on any atom is -0.376 e. The van der Waals surface area contributed by atoms with Gasteiger partial charge in [-0.1, -0.05) is 35.6 Å². The van der Waals surface area contributed by atoms with Gasteiger partial charge in [0.2, 0.25) is 5.91 Å². The fraction of sp³-hybridized carbons (Fsp3) is 0.304. The summed E-state index contributed by atoms with van der Waals surface area (Å²) in [5.74, 6) is -1.22. The molecule has 2 aliphatic rings. The summed E-state index contributed by atoms with van der Waals surface area (Å²) in [4.78, 5) is 46.1. The molecule has 5 rings (SSSR count). The molecule has 0 spiro atoms. The van der Waals surface area contributed by atoms with Gasteiger partial charge in [0.1, 0.15) is 6.54 Å². The highest BCUT2D eigenvalue weighted by molar-refractivity contribution is 7.22. The van der Waals surface area contributed by atoms with Gasteiger partial charge in [-0.3, -0.25) is 24.2 Å². The number of para-hydroxylation sites is 1. The van der Waals surface area contributed by atoms with Crippen LogP contribution in [0.3, 0.4) is 0 Å². The van der Waals surface area contributed by atoms with E-state index in [2.05, 4.69) is 0 Å². The summed E-state index contributed by atoms with van der Waals surface area (Å²) in [5, 5.41) is 0.557. The second-order valence-corrected chi connectivity index (χ2v) is 8.81. The van der Waals surface area contributed by atoms with E-state index in [1.54, 1.807) is 29.2 Å². The van der Waals surface area contributed by atoms with Crippen LogP contribution in [0, 0.1) is 6.92 Å². The van der Waals surface area contributed by atoms with Gasteiger partial charge in [0.15, 0.2) is 5.13 Å². The van der Waals surface area contributed by atoms with Gasteiger partial charge in [-0.25, -0.2) is 4.98 Å². The average Bonchev–Trinajstić information content (AvgIpc) is 3.49. The lowest BCUT2D eigenvalue weighted by molar-refractivity contribution is -0.119. The second-order valence-electron chi connectivity index (χ2n) is 7.80. The third-order valence-electron chi connectivity index (χ3n) is 5.72. The number of anilines is 1. The molecule has 1 saturated heterocycles. The van der Waals surface area contributed by atoms with Crippen molar-refractivity contribution in [3.63, 3.8) is 0 Å². The van der Waals surface area contributed by atoms with E-state index in [9.17, 15) is 14.4 Å².